The van der Waals surface area contributed by atoms with Gasteiger partial charge in [0, 0.05) is 25.1 Å². The summed E-state index contributed by atoms with van der Waals surface area (Å²) in [5, 5.41) is 5.65. The summed E-state index contributed by atoms with van der Waals surface area (Å²) in [5.41, 5.74) is 3.96. The topological polar surface area (TPSA) is 67.4 Å². The van der Waals surface area contributed by atoms with Gasteiger partial charge >= 0.3 is 0 Å². The van der Waals surface area contributed by atoms with Gasteiger partial charge in [-0.3, -0.25) is 9.59 Å². The Kier molecular flexibility index (Phi) is 8.23. The van der Waals surface area contributed by atoms with E-state index in [1.807, 2.05) is 85.8 Å². The number of hydrogen-bond donors (Lipinski definition) is 2. The Morgan fingerprint density at radius 3 is 2.13 bits per heavy atom. The molecule has 3 aromatic rings. The first kappa shape index (κ1) is 22.1. The molecule has 2 amide bonds. The molecule has 0 aliphatic rings. The molecule has 0 aromatic heterocycles. The van der Waals surface area contributed by atoms with Crippen molar-refractivity contribution in [3.8, 4) is 16.9 Å². The number of nitrogens with one attached hydrogen (secondary N) is 2. The minimum Gasteiger partial charge on any atom is -0.494 e. The van der Waals surface area contributed by atoms with E-state index in [1.165, 1.54) is 5.56 Å². The lowest BCUT2D eigenvalue weighted by atomic mass is 10.0. The summed E-state index contributed by atoms with van der Waals surface area (Å²) in [6.45, 7) is 3.29. The zero-order valence-corrected chi connectivity index (χ0v) is 17.8. The van der Waals surface area contributed by atoms with Crippen molar-refractivity contribution >= 4 is 11.8 Å². The Morgan fingerprint density at radius 2 is 1.42 bits per heavy atom. The molecule has 3 rings (SSSR count). The number of rotatable bonds is 10. The van der Waals surface area contributed by atoms with Crippen LogP contribution in [0.2, 0.25) is 0 Å². The number of aryl methyl sites for hydroxylation is 1. The zero-order valence-electron chi connectivity index (χ0n) is 17.8. The highest BCUT2D eigenvalue weighted by Gasteiger charge is 2.06. The van der Waals surface area contributed by atoms with E-state index in [0.29, 0.717) is 38.1 Å². The maximum absolute atomic E-state index is 12.3. The first-order valence-corrected chi connectivity index (χ1v) is 10.5. The molecule has 0 atom stereocenters. The van der Waals surface area contributed by atoms with Crippen molar-refractivity contribution in [3.05, 3.63) is 90.0 Å². The highest BCUT2D eigenvalue weighted by Crippen LogP contribution is 2.19. The molecule has 0 radical (unpaired) electrons. The third-order valence-electron chi connectivity index (χ3n) is 4.82. The molecule has 0 bridgehead atoms. The SMILES string of the molecule is Cc1ccc(OCCCC(=O)NCCNC(=O)c2ccc(-c3ccccc3)cc2)cc1. The van der Waals surface area contributed by atoms with E-state index < -0.39 is 0 Å². The second kappa shape index (κ2) is 11.6. The second-order valence-electron chi connectivity index (χ2n) is 7.31. The predicted molar refractivity (Wildman–Crippen MR) is 123 cm³/mol. The summed E-state index contributed by atoms with van der Waals surface area (Å²) in [6, 6.07) is 25.3. The molecule has 0 heterocycles. The molecule has 5 nitrogen and oxygen atoms in total. The van der Waals surface area contributed by atoms with Crippen LogP contribution < -0.4 is 15.4 Å². The molecule has 3 aromatic carbocycles. The number of carbonyl (C=O) groups is 2. The van der Waals surface area contributed by atoms with Crippen molar-refractivity contribution in [1.82, 2.24) is 10.6 Å². The molecule has 0 saturated heterocycles. The summed E-state index contributed by atoms with van der Waals surface area (Å²) in [6.07, 6.45) is 1.03. The molecule has 5 heteroatoms. The lowest BCUT2D eigenvalue weighted by molar-refractivity contribution is -0.121. The maximum atomic E-state index is 12.3. The standard InChI is InChI=1S/C26H28N2O3/c1-20-9-15-24(16-10-20)31-19-5-8-25(29)27-17-18-28-26(30)23-13-11-22(12-14-23)21-6-3-2-4-7-21/h2-4,6-7,9-16H,5,8,17-19H2,1H3,(H,27,29)(H,28,30). The van der Waals surface area contributed by atoms with Crippen molar-refractivity contribution in [2.24, 2.45) is 0 Å². The van der Waals surface area contributed by atoms with Gasteiger partial charge in [-0.05, 0) is 48.7 Å². The predicted octanol–water partition coefficient (Wildman–Crippen LogP) is 4.37. The molecule has 160 valence electrons. The molecule has 31 heavy (non-hydrogen) atoms. The van der Waals surface area contributed by atoms with Crippen LogP contribution in [0.1, 0.15) is 28.8 Å². The Labute approximate surface area is 183 Å². The van der Waals surface area contributed by atoms with Gasteiger partial charge in [-0.1, -0.05) is 60.2 Å². The van der Waals surface area contributed by atoms with Gasteiger partial charge in [0.1, 0.15) is 5.75 Å². The zero-order chi connectivity index (χ0) is 21.9. The Bertz CT molecular complexity index is 968. The van der Waals surface area contributed by atoms with E-state index in [9.17, 15) is 9.59 Å². The number of amides is 2. The van der Waals surface area contributed by atoms with Crippen molar-refractivity contribution in [2.75, 3.05) is 19.7 Å². The molecule has 0 spiro atoms. The fourth-order valence-electron chi connectivity index (χ4n) is 3.07. The summed E-state index contributed by atoms with van der Waals surface area (Å²) in [5.74, 6) is 0.611. The third-order valence-corrected chi connectivity index (χ3v) is 4.82. The van der Waals surface area contributed by atoms with Crippen LogP contribution in [0.5, 0.6) is 5.75 Å². The average Bonchev–Trinajstić information content (AvgIpc) is 2.81. The fourth-order valence-corrected chi connectivity index (χ4v) is 3.07. The van der Waals surface area contributed by atoms with E-state index >= 15 is 0 Å². The van der Waals surface area contributed by atoms with Crippen LogP contribution in [-0.4, -0.2) is 31.5 Å². The highest BCUT2D eigenvalue weighted by atomic mass is 16.5. The van der Waals surface area contributed by atoms with Gasteiger partial charge in [0.25, 0.3) is 5.91 Å². The van der Waals surface area contributed by atoms with E-state index in [1.54, 1.807) is 0 Å². The molecule has 0 aliphatic heterocycles. The van der Waals surface area contributed by atoms with Crippen LogP contribution in [0.4, 0.5) is 0 Å². The Morgan fingerprint density at radius 1 is 0.774 bits per heavy atom. The normalized spacial score (nSPS) is 10.4. The second-order valence-corrected chi connectivity index (χ2v) is 7.31. The van der Waals surface area contributed by atoms with Gasteiger partial charge in [0.05, 0.1) is 6.61 Å². The van der Waals surface area contributed by atoms with Crippen LogP contribution in [-0.2, 0) is 4.79 Å². The van der Waals surface area contributed by atoms with Crippen LogP contribution in [0, 0.1) is 6.92 Å². The Hall–Kier alpha value is -3.60. The van der Waals surface area contributed by atoms with E-state index in [-0.39, 0.29) is 11.8 Å². The van der Waals surface area contributed by atoms with Gasteiger partial charge in [-0.2, -0.15) is 0 Å². The average molecular weight is 417 g/mol. The van der Waals surface area contributed by atoms with Gasteiger partial charge in [0.15, 0.2) is 0 Å². The minimum atomic E-state index is -0.152. The lowest BCUT2D eigenvalue weighted by Gasteiger charge is -2.09. The molecule has 0 saturated carbocycles. The molecule has 0 fully saturated rings. The van der Waals surface area contributed by atoms with Gasteiger partial charge < -0.3 is 15.4 Å². The van der Waals surface area contributed by atoms with Crippen LogP contribution in [0.25, 0.3) is 11.1 Å². The number of benzene rings is 3. The fraction of sp³-hybridized carbons (Fsp3) is 0.231. The first-order valence-electron chi connectivity index (χ1n) is 10.5. The summed E-state index contributed by atoms with van der Waals surface area (Å²) >= 11 is 0. The van der Waals surface area contributed by atoms with Gasteiger partial charge in [-0.15, -0.1) is 0 Å². The largest absolute Gasteiger partial charge is 0.494 e. The Balaban J connectivity index is 1.29. The van der Waals surface area contributed by atoms with Crippen LogP contribution >= 0.6 is 0 Å². The van der Waals surface area contributed by atoms with Crippen molar-refractivity contribution in [1.29, 1.82) is 0 Å². The van der Waals surface area contributed by atoms with E-state index in [2.05, 4.69) is 10.6 Å². The summed E-state index contributed by atoms with van der Waals surface area (Å²) in [4.78, 5) is 24.2. The quantitative estimate of drug-likeness (QED) is 0.483. The number of hydrogen-bond acceptors (Lipinski definition) is 3. The lowest BCUT2D eigenvalue weighted by Crippen LogP contribution is -2.34. The molecule has 2 N–H and O–H groups in total. The third kappa shape index (κ3) is 7.30. The molecule has 0 unspecified atom stereocenters. The van der Waals surface area contributed by atoms with Crippen LogP contribution in [0.15, 0.2) is 78.9 Å². The van der Waals surface area contributed by atoms with E-state index in [0.717, 1.165) is 16.9 Å². The van der Waals surface area contributed by atoms with Crippen molar-refractivity contribution in [2.45, 2.75) is 19.8 Å². The maximum Gasteiger partial charge on any atom is 0.251 e. The van der Waals surface area contributed by atoms with Crippen molar-refractivity contribution in [3.63, 3.8) is 0 Å². The molecular weight excluding hydrogens is 388 g/mol. The summed E-state index contributed by atoms with van der Waals surface area (Å²) in [7, 11) is 0. The first-order chi connectivity index (χ1) is 15.1. The molecular formula is C26H28N2O3. The van der Waals surface area contributed by atoms with Crippen molar-refractivity contribution < 1.29 is 14.3 Å². The van der Waals surface area contributed by atoms with Gasteiger partial charge in [-0.25, -0.2) is 0 Å². The highest BCUT2D eigenvalue weighted by molar-refractivity contribution is 5.94. The number of ether oxygens (including phenoxy) is 1. The van der Waals surface area contributed by atoms with Crippen LogP contribution in [0.3, 0.4) is 0 Å². The summed E-state index contributed by atoms with van der Waals surface area (Å²) < 4.78 is 5.62. The van der Waals surface area contributed by atoms with Gasteiger partial charge in [0.2, 0.25) is 5.91 Å². The smallest absolute Gasteiger partial charge is 0.251 e. The monoisotopic (exact) mass is 416 g/mol. The minimum absolute atomic E-state index is 0.0473. The number of carbonyl (C=O) groups excluding carboxylic acids is 2. The molecule has 0 aliphatic carbocycles. The van der Waals surface area contributed by atoms with E-state index in [4.69, 9.17) is 4.74 Å².